The van der Waals surface area contributed by atoms with Gasteiger partial charge in [0, 0.05) is 12.6 Å². The smallest absolute Gasteiger partial charge is 0.161 e. The molecule has 126 valence electrons. The van der Waals surface area contributed by atoms with Crippen LogP contribution >= 0.6 is 0 Å². The lowest BCUT2D eigenvalue weighted by Crippen LogP contribution is -2.30. The second kappa shape index (κ2) is 8.04. The Hall–Kier alpha value is -1.98. The SMILES string of the molecule is COc1ccc(C(CNCc2ccc(C)o2)N(C)C)cc1OC. The molecule has 0 aliphatic carbocycles. The van der Waals surface area contributed by atoms with E-state index in [-0.39, 0.29) is 6.04 Å². The summed E-state index contributed by atoms with van der Waals surface area (Å²) < 4.78 is 16.3. The van der Waals surface area contributed by atoms with E-state index in [2.05, 4.69) is 30.4 Å². The molecule has 1 heterocycles. The standard InChI is InChI=1S/C18H26N2O3/c1-13-6-8-15(23-13)11-19-12-16(20(2)3)14-7-9-17(21-4)18(10-14)22-5/h6-10,16,19H,11-12H2,1-5H3. The topological polar surface area (TPSA) is 46.9 Å². The molecule has 0 aliphatic heterocycles. The molecule has 1 aromatic carbocycles. The van der Waals surface area contributed by atoms with Crippen LogP contribution in [0.5, 0.6) is 11.5 Å². The number of nitrogens with zero attached hydrogens (tertiary/aromatic N) is 1. The Kier molecular flexibility index (Phi) is 6.07. The van der Waals surface area contributed by atoms with E-state index in [4.69, 9.17) is 13.9 Å². The number of aryl methyl sites for hydroxylation is 1. The highest BCUT2D eigenvalue weighted by Gasteiger charge is 2.16. The lowest BCUT2D eigenvalue weighted by molar-refractivity contribution is 0.283. The van der Waals surface area contributed by atoms with Gasteiger partial charge in [0.15, 0.2) is 11.5 Å². The van der Waals surface area contributed by atoms with Crippen LogP contribution in [-0.2, 0) is 6.54 Å². The van der Waals surface area contributed by atoms with Gasteiger partial charge in [0.1, 0.15) is 11.5 Å². The van der Waals surface area contributed by atoms with Gasteiger partial charge < -0.3 is 24.1 Å². The summed E-state index contributed by atoms with van der Waals surface area (Å²) in [6.07, 6.45) is 0. The fourth-order valence-corrected chi connectivity index (χ4v) is 2.57. The van der Waals surface area contributed by atoms with Crippen LogP contribution in [0.2, 0.25) is 0 Å². The Morgan fingerprint density at radius 2 is 1.83 bits per heavy atom. The van der Waals surface area contributed by atoms with Crippen molar-refractivity contribution in [2.75, 3.05) is 34.9 Å². The van der Waals surface area contributed by atoms with E-state index in [1.54, 1.807) is 14.2 Å². The average Bonchev–Trinajstić information content (AvgIpc) is 2.96. The van der Waals surface area contributed by atoms with Crippen molar-refractivity contribution >= 4 is 0 Å². The summed E-state index contributed by atoms with van der Waals surface area (Å²) in [6.45, 7) is 3.48. The molecule has 0 bridgehead atoms. The summed E-state index contributed by atoms with van der Waals surface area (Å²) >= 11 is 0. The Morgan fingerprint density at radius 3 is 2.39 bits per heavy atom. The first kappa shape index (κ1) is 17.4. The fourth-order valence-electron chi connectivity index (χ4n) is 2.57. The van der Waals surface area contributed by atoms with Crippen molar-refractivity contribution in [1.82, 2.24) is 10.2 Å². The maximum atomic E-state index is 5.59. The van der Waals surface area contributed by atoms with E-state index in [0.717, 1.165) is 29.6 Å². The van der Waals surface area contributed by atoms with Crippen LogP contribution in [0.25, 0.3) is 0 Å². The van der Waals surface area contributed by atoms with Crippen molar-refractivity contribution in [3.05, 3.63) is 47.4 Å². The zero-order valence-electron chi connectivity index (χ0n) is 14.6. The molecule has 5 heteroatoms. The number of furan rings is 1. The first-order valence-electron chi connectivity index (χ1n) is 7.69. The number of likely N-dealkylation sites (N-methyl/N-ethyl adjacent to an activating group) is 1. The number of rotatable bonds is 8. The number of benzene rings is 1. The van der Waals surface area contributed by atoms with E-state index < -0.39 is 0 Å². The van der Waals surface area contributed by atoms with Gasteiger partial charge in [0.05, 0.1) is 20.8 Å². The molecule has 1 unspecified atom stereocenters. The molecule has 1 atom stereocenters. The summed E-state index contributed by atoms with van der Waals surface area (Å²) in [7, 11) is 7.44. The summed E-state index contributed by atoms with van der Waals surface area (Å²) in [5.41, 5.74) is 1.18. The highest BCUT2D eigenvalue weighted by atomic mass is 16.5. The van der Waals surface area contributed by atoms with Crippen molar-refractivity contribution in [2.45, 2.75) is 19.5 Å². The number of hydrogen-bond donors (Lipinski definition) is 1. The minimum atomic E-state index is 0.228. The molecular weight excluding hydrogens is 292 g/mol. The Morgan fingerprint density at radius 1 is 1.09 bits per heavy atom. The molecule has 1 aromatic heterocycles. The number of methoxy groups -OCH3 is 2. The molecule has 0 aliphatic rings. The van der Waals surface area contributed by atoms with Gasteiger partial charge in [-0.15, -0.1) is 0 Å². The minimum absolute atomic E-state index is 0.228. The fraction of sp³-hybridized carbons (Fsp3) is 0.444. The van der Waals surface area contributed by atoms with Gasteiger partial charge in [0.2, 0.25) is 0 Å². The van der Waals surface area contributed by atoms with Gasteiger partial charge in [-0.3, -0.25) is 0 Å². The van der Waals surface area contributed by atoms with Crippen molar-refractivity contribution in [3.8, 4) is 11.5 Å². The van der Waals surface area contributed by atoms with Crippen molar-refractivity contribution in [2.24, 2.45) is 0 Å². The van der Waals surface area contributed by atoms with E-state index >= 15 is 0 Å². The third-order valence-corrected chi connectivity index (χ3v) is 3.85. The van der Waals surface area contributed by atoms with Crippen molar-refractivity contribution in [3.63, 3.8) is 0 Å². The molecule has 1 N–H and O–H groups in total. The first-order valence-corrected chi connectivity index (χ1v) is 7.69. The second-order valence-electron chi connectivity index (χ2n) is 5.74. The Balaban J connectivity index is 2.05. The van der Waals surface area contributed by atoms with E-state index in [9.17, 15) is 0 Å². The van der Waals surface area contributed by atoms with Crippen molar-refractivity contribution in [1.29, 1.82) is 0 Å². The zero-order valence-corrected chi connectivity index (χ0v) is 14.6. The number of nitrogens with one attached hydrogen (secondary N) is 1. The predicted octanol–water partition coefficient (Wildman–Crippen LogP) is 3.00. The lowest BCUT2D eigenvalue weighted by atomic mass is 10.0. The molecular formula is C18H26N2O3. The molecule has 0 radical (unpaired) electrons. The van der Waals surface area contributed by atoms with Crippen LogP contribution in [0.3, 0.4) is 0 Å². The third-order valence-electron chi connectivity index (χ3n) is 3.85. The second-order valence-corrected chi connectivity index (χ2v) is 5.74. The van der Waals surface area contributed by atoms with E-state index in [0.29, 0.717) is 6.54 Å². The Bertz CT molecular complexity index is 622. The lowest BCUT2D eigenvalue weighted by Gasteiger charge is -2.25. The highest BCUT2D eigenvalue weighted by molar-refractivity contribution is 5.43. The number of hydrogen-bond acceptors (Lipinski definition) is 5. The van der Waals surface area contributed by atoms with Crippen LogP contribution in [0.1, 0.15) is 23.1 Å². The summed E-state index contributed by atoms with van der Waals surface area (Å²) in [6, 6.07) is 10.3. The number of ether oxygens (including phenoxy) is 2. The van der Waals surface area contributed by atoms with Crippen LogP contribution in [-0.4, -0.2) is 39.8 Å². The third kappa shape index (κ3) is 4.50. The van der Waals surface area contributed by atoms with Gasteiger partial charge in [-0.25, -0.2) is 0 Å². The molecule has 0 saturated carbocycles. The monoisotopic (exact) mass is 318 g/mol. The van der Waals surface area contributed by atoms with Crippen molar-refractivity contribution < 1.29 is 13.9 Å². The maximum Gasteiger partial charge on any atom is 0.161 e. The molecule has 23 heavy (non-hydrogen) atoms. The van der Waals surface area contributed by atoms with Gasteiger partial charge >= 0.3 is 0 Å². The maximum absolute atomic E-state index is 5.59. The normalized spacial score (nSPS) is 12.4. The van der Waals surface area contributed by atoms with E-state index in [1.807, 2.05) is 31.2 Å². The molecule has 0 saturated heterocycles. The van der Waals surface area contributed by atoms with Crippen LogP contribution in [0.15, 0.2) is 34.7 Å². The zero-order chi connectivity index (χ0) is 16.8. The molecule has 2 aromatic rings. The predicted molar refractivity (Wildman–Crippen MR) is 91.1 cm³/mol. The first-order chi connectivity index (χ1) is 11.0. The largest absolute Gasteiger partial charge is 0.493 e. The molecule has 2 rings (SSSR count). The van der Waals surface area contributed by atoms with Crippen LogP contribution in [0, 0.1) is 6.92 Å². The summed E-state index contributed by atoms with van der Waals surface area (Å²) in [4.78, 5) is 2.18. The molecule has 0 spiro atoms. The quantitative estimate of drug-likeness (QED) is 0.811. The van der Waals surface area contributed by atoms with Crippen LogP contribution < -0.4 is 14.8 Å². The average molecular weight is 318 g/mol. The van der Waals surface area contributed by atoms with E-state index in [1.165, 1.54) is 5.56 Å². The van der Waals surface area contributed by atoms with Gasteiger partial charge in [0.25, 0.3) is 0 Å². The summed E-state index contributed by atoms with van der Waals surface area (Å²) in [5, 5.41) is 3.45. The molecule has 0 fully saturated rings. The molecule has 5 nitrogen and oxygen atoms in total. The van der Waals surface area contributed by atoms with Gasteiger partial charge in [-0.05, 0) is 50.8 Å². The highest BCUT2D eigenvalue weighted by Crippen LogP contribution is 2.31. The Labute approximate surface area is 138 Å². The summed E-state index contributed by atoms with van der Waals surface area (Å²) in [5.74, 6) is 3.38. The molecule has 0 amide bonds. The van der Waals surface area contributed by atoms with Crippen LogP contribution in [0.4, 0.5) is 0 Å². The van der Waals surface area contributed by atoms with Gasteiger partial charge in [-0.1, -0.05) is 6.07 Å². The van der Waals surface area contributed by atoms with Gasteiger partial charge in [-0.2, -0.15) is 0 Å². The minimum Gasteiger partial charge on any atom is -0.493 e.